The zero-order chi connectivity index (χ0) is 23.3. The number of nitrogens with one attached hydrogen (secondary N) is 2. The maximum Gasteiger partial charge on any atom is 0.347 e. The number of rotatable bonds is 9. The second-order valence-corrected chi connectivity index (χ2v) is 9.14. The number of unbranched alkanes of at least 4 members (excludes halogenated alkanes) is 2. The number of carbonyl (C=O) groups is 2. The number of amides is 1. The van der Waals surface area contributed by atoms with Gasteiger partial charge in [-0.15, -0.1) is 0 Å². The van der Waals surface area contributed by atoms with E-state index in [9.17, 15) is 9.59 Å². The molecular formula is C23H32ClN3O4S. The predicted octanol–water partition coefficient (Wildman–Crippen LogP) is 6.09. The first-order valence-corrected chi connectivity index (χ1v) is 12.2. The molecule has 32 heavy (non-hydrogen) atoms. The van der Waals surface area contributed by atoms with Crippen LogP contribution in [0.2, 0.25) is 5.02 Å². The fourth-order valence-electron chi connectivity index (χ4n) is 3.24. The summed E-state index contributed by atoms with van der Waals surface area (Å²) >= 11 is 6.65. The van der Waals surface area contributed by atoms with E-state index in [4.69, 9.17) is 21.5 Å². The number of hydrogen-bond donors (Lipinski definition) is 3. The Balaban J connectivity index is 0.000000244. The third-order valence-corrected chi connectivity index (χ3v) is 6.34. The summed E-state index contributed by atoms with van der Waals surface area (Å²) in [6, 6.07) is 7.00. The zero-order valence-electron chi connectivity index (χ0n) is 18.7. The van der Waals surface area contributed by atoms with Gasteiger partial charge in [0.2, 0.25) is 0 Å². The largest absolute Gasteiger partial charge is 0.477 e. The van der Waals surface area contributed by atoms with E-state index < -0.39 is 5.97 Å². The average Bonchev–Trinajstić information content (AvgIpc) is 3.15. The quantitative estimate of drug-likeness (QED) is 0.296. The SMILES string of the molecule is CCCCCONC1CCCCC1.Cc1nc(NC(=O)c2ccc(Cl)cc2)sc1C(=O)O. The van der Waals surface area contributed by atoms with Crippen molar-refractivity contribution in [3.05, 3.63) is 45.4 Å². The Kier molecular flexibility index (Phi) is 11.7. The molecule has 3 rings (SSSR count). The molecule has 0 atom stereocenters. The van der Waals surface area contributed by atoms with Gasteiger partial charge in [-0.2, -0.15) is 5.48 Å². The summed E-state index contributed by atoms with van der Waals surface area (Å²) in [5, 5.41) is 12.3. The van der Waals surface area contributed by atoms with Crippen LogP contribution in [-0.2, 0) is 4.84 Å². The van der Waals surface area contributed by atoms with Crippen LogP contribution in [0.1, 0.15) is 84.0 Å². The number of halogens is 1. The number of hydrogen-bond acceptors (Lipinski definition) is 6. The number of thiazole rings is 1. The Labute approximate surface area is 198 Å². The molecule has 1 aliphatic rings. The Morgan fingerprint density at radius 1 is 1.19 bits per heavy atom. The maximum atomic E-state index is 11.9. The lowest BCUT2D eigenvalue weighted by Gasteiger charge is -2.22. The van der Waals surface area contributed by atoms with Crippen LogP contribution in [0.5, 0.6) is 0 Å². The van der Waals surface area contributed by atoms with Crippen molar-refractivity contribution in [2.45, 2.75) is 71.3 Å². The summed E-state index contributed by atoms with van der Waals surface area (Å²) < 4.78 is 0. The minimum atomic E-state index is -1.05. The van der Waals surface area contributed by atoms with Crippen LogP contribution < -0.4 is 10.8 Å². The van der Waals surface area contributed by atoms with Gasteiger partial charge in [-0.25, -0.2) is 9.78 Å². The highest BCUT2D eigenvalue weighted by molar-refractivity contribution is 7.17. The summed E-state index contributed by atoms with van der Waals surface area (Å²) in [5.74, 6) is -1.41. The standard InChI is InChI=1S/C12H9ClN2O3S.C11H23NO/c1-6-9(11(17)18)19-12(14-6)15-10(16)7-2-4-8(13)5-3-7;1-2-3-7-10-13-12-11-8-5-4-6-9-11/h2-5H,1H3,(H,17,18)(H,14,15,16);11-12H,2-10H2,1H3. The Morgan fingerprint density at radius 2 is 1.88 bits per heavy atom. The molecule has 1 fully saturated rings. The highest BCUT2D eigenvalue weighted by Gasteiger charge is 2.16. The molecule has 0 aliphatic heterocycles. The van der Waals surface area contributed by atoms with E-state index in [1.807, 2.05) is 0 Å². The van der Waals surface area contributed by atoms with Crippen LogP contribution in [0.4, 0.5) is 5.13 Å². The molecule has 1 aromatic heterocycles. The Hall–Kier alpha value is -2.00. The topological polar surface area (TPSA) is 101 Å². The van der Waals surface area contributed by atoms with E-state index in [-0.39, 0.29) is 15.9 Å². The lowest BCUT2D eigenvalue weighted by Crippen LogP contribution is -2.31. The van der Waals surface area contributed by atoms with Crippen molar-refractivity contribution in [2.75, 3.05) is 11.9 Å². The first-order valence-electron chi connectivity index (χ1n) is 11.1. The Morgan fingerprint density at radius 3 is 2.47 bits per heavy atom. The lowest BCUT2D eigenvalue weighted by molar-refractivity contribution is 0.00536. The van der Waals surface area contributed by atoms with E-state index in [1.54, 1.807) is 31.2 Å². The van der Waals surface area contributed by atoms with Crippen molar-refractivity contribution in [1.82, 2.24) is 10.5 Å². The van der Waals surface area contributed by atoms with Gasteiger partial charge >= 0.3 is 5.97 Å². The van der Waals surface area contributed by atoms with E-state index in [2.05, 4.69) is 22.7 Å². The summed E-state index contributed by atoms with van der Waals surface area (Å²) in [6.07, 6.45) is 10.5. The minimum Gasteiger partial charge on any atom is -0.477 e. The van der Waals surface area contributed by atoms with Crippen LogP contribution in [0.3, 0.4) is 0 Å². The average molecular weight is 482 g/mol. The number of benzene rings is 1. The molecule has 0 saturated heterocycles. The number of anilines is 1. The Bertz CT molecular complexity index is 851. The van der Waals surface area contributed by atoms with Crippen molar-refractivity contribution >= 4 is 39.9 Å². The molecule has 1 aromatic carbocycles. The van der Waals surface area contributed by atoms with Crippen molar-refractivity contribution < 1.29 is 19.5 Å². The van der Waals surface area contributed by atoms with Gasteiger partial charge in [0.05, 0.1) is 12.3 Å². The molecule has 2 aromatic rings. The number of aryl methyl sites for hydroxylation is 1. The molecule has 1 saturated carbocycles. The number of aromatic carboxylic acids is 1. The molecule has 0 radical (unpaired) electrons. The number of aromatic nitrogens is 1. The molecule has 176 valence electrons. The molecule has 0 unspecified atom stereocenters. The monoisotopic (exact) mass is 481 g/mol. The summed E-state index contributed by atoms with van der Waals surface area (Å²) in [6.45, 7) is 4.68. The highest BCUT2D eigenvalue weighted by Crippen LogP contribution is 2.23. The number of hydroxylamine groups is 1. The van der Waals surface area contributed by atoms with Crippen LogP contribution in [0.15, 0.2) is 24.3 Å². The third-order valence-electron chi connectivity index (χ3n) is 5.02. The van der Waals surface area contributed by atoms with Gasteiger partial charge in [-0.1, -0.05) is 62.0 Å². The molecule has 9 heteroatoms. The smallest absolute Gasteiger partial charge is 0.347 e. The fraction of sp³-hybridized carbons (Fsp3) is 0.522. The van der Waals surface area contributed by atoms with Gasteiger partial charge in [0.15, 0.2) is 5.13 Å². The van der Waals surface area contributed by atoms with Crippen LogP contribution in [0, 0.1) is 6.92 Å². The number of carboxylic acids is 1. The predicted molar refractivity (Wildman–Crippen MR) is 129 cm³/mol. The van der Waals surface area contributed by atoms with Crippen molar-refractivity contribution in [3.63, 3.8) is 0 Å². The molecule has 0 spiro atoms. The normalized spacial score (nSPS) is 13.8. The minimum absolute atomic E-state index is 0.117. The summed E-state index contributed by atoms with van der Waals surface area (Å²) in [4.78, 5) is 32.3. The van der Waals surface area contributed by atoms with Gasteiger partial charge < -0.3 is 9.94 Å². The molecule has 1 aliphatic carbocycles. The highest BCUT2D eigenvalue weighted by atomic mass is 35.5. The molecule has 1 heterocycles. The first-order chi connectivity index (χ1) is 15.4. The van der Waals surface area contributed by atoms with E-state index in [1.165, 1.54) is 51.4 Å². The van der Waals surface area contributed by atoms with Crippen molar-refractivity contribution in [3.8, 4) is 0 Å². The van der Waals surface area contributed by atoms with Gasteiger partial charge in [0.25, 0.3) is 5.91 Å². The molecule has 3 N–H and O–H groups in total. The number of nitrogens with zero attached hydrogens (tertiary/aromatic N) is 1. The molecular weight excluding hydrogens is 450 g/mol. The first kappa shape index (κ1) is 26.3. The molecule has 0 bridgehead atoms. The zero-order valence-corrected chi connectivity index (χ0v) is 20.2. The molecule has 1 amide bonds. The maximum absolute atomic E-state index is 11.9. The lowest BCUT2D eigenvalue weighted by atomic mass is 9.96. The molecule has 7 nitrogen and oxygen atoms in total. The fourth-order valence-corrected chi connectivity index (χ4v) is 4.17. The van der Waals surface area contributed by atoms with Gasteiger partial charge in [-0.3, -0.25) is 10.1 Å². The van der Waals surface area contributed by atoms with Crippen LogP contribution in [-0.4, -0.2) is 34.6 Å². The van der Waals surface area contributed by atoms with Crippen LogP contribution in [0.25, 0.3) is 0 Å². The van der Waals surface area contributed by atoms with E-state index in [0.717, 1.165) is 17.9 Å². The number of carbonyl (C=O) groups excluding carboxylic acids is 1. The van der Waals surface area contributed by atoms with Crippen molar-refractivity contribution in [2.24, 2.45) is 0 Å². The van der Waals surface area contributed by atoms with E-state index >= 15 is 0 Å². The van der Waals surface area contributed by atoms with Crippen LogP contribution >= 0.6 is 22.9 Å². The second-order valence-electron chi connectivity index (χ2n) is 7.71. The van der Waals surface area contributed by atoms with E-state index in [0.29, 0.717) is 22.3 Å². The van der Waals surface area contributed by atoms with Gasteiger partial charge in [-0.05, 0) is 50.5 Å². The summed E-state index contributed by atoms with van der Waals surface area (Å²) in [7, 11) is 0. The third kappa shape index (κ3) is 9.24. The summed E-state index contributed by atoms with van der Waals surface area (Å²) in [5.41, 5.74) is 3.98. The van der Waals surface area contributed by atoms with Gasteiger partial charge in [0, 0.05) is 16.6 Å². The number of carboxylic acid groups (broad SMARTS) is 1. The van der Waals surface area contributed by atoms with Crippen molar-refractivity contribution in [1.29, 1.82) is 0 Å². The second kappa shape index (κ2) is 14.2. The van der Waals surface area contributed by atoms with Gasteiger partial charge in [0.1, 0.15) is 4.88 Å².